The molecular formula is C8H16O4. The van der Waals surface area contributed by atoms with Gasteiger partial charge in [-0.1, -0.05) is 20.8 Å². The third-order valence-electron chi connectivity index (χ3n) is 1.61. The maximum Gasteiger partial charge on any atom is 0.307 e. The smallest absolute Gasteiger partial charge is 0.307 e. The summed E-state index contributed by atoms with van der Waals surface area (Å²) < 4.78 is 4.61. The van der Waals surface area contributed by atoms with E-state index in [2.05, 4.69) is 4.74 Å². The number of aliphatic hydroxyl groups is 2. The number of carbonyl (C=O) groups excluding carboxylic acids is 1. The molecule has 0 aliphatic rings. The molecule has 0 aliphatic carbocycles. The lowest BCUT2D eigenvalue weighted by atomic mass is 9.94. The van der Waals surface area contributed by atoms with E-state index in [1.54, 1.807) is 20.8 Å². The van der Waals surface area contributed by atoms with E-state index in [1.165, 1.54) is 0 Å². The molecule has 1 unspecified atom stereocenters. The molecule has 0 saturated carbocycles. The Morgan fingerprint density at radius 1 is 1.58 bits per heavy atom. The van der Waals surface area contributed by atoms with Crippen LogP contribution in [0.5, 0.6) is 0 Å². The highest BCUT2D eigenvalue weighted by molar-refractivity contribution is 5.69. The fourth-order valence-corrected chi connectivity index (χ4v) is 0.445. The van der Waals surface area contributed by atoms with Crippen molar-refractivity contribution in [2.75, 3.05) is 6.61 Å². The van der Waals surface area contributed by atoms with Crippen LogP contribution in [0.4, 0.5) is 0 Å². The van der Waals surface area contributed by atoms with E-state index in [9.17, 15) is 9.90 Å². The van der Waals surface area contributed by atoms with Crippen LogP contribution in [0.15, 0.2) is 0 Å². The number of hydrogen-bond acceptors (Lipinski definition) is 4. The van der Waals surface area contributed by atoms with Crippen LogP contribution in [-0.2, 0) is 9.53 Å². The van der Waals surface area contributed by atoms with Crippen molar-refractivity contribution in [3.8, 4) is 0 Å². The summed E-state index contributed by atoms with van der Waals surface area (Å²) in [6, 6.07) is 0. The SMILES string of the molecule is CCC(=O)OC(O)C(C)(C)CO. The van der Waals surface area contributed by atoms with Gasteiger partial charge in [0.2, 0.25) is 6.29 Å². The number of carbonyl (C=O) groups is 1. The van der Waals surface area contributed by atoms with Crippen molar-refractivity contribution in [3.05, 3.63) is 0 Å². The first kappa shape index (κ1) is 11.4. The minimum atomic E-state index is -1.24. The van der Waals surface area contributed by atoms with E-state index in [0.717, 1.165) is 0 Å². The summed E-state index contributed by atoms with van der Waals surface area (Å²) in [5.74, 6) is -0.468. The predicted molar refractivity (Wildman–Crippen MR) is 43.3 cm³/mol. The fourth-order valence-electron chi connectivity index (χ4n) is 0.445. The molecule has 0 aromatic rings. The minimum absolute atomic E-state index is 0.221. The average molecular weight is 176 g/mol. The molecule has 0 bridgehead atoms. The van der Waals surface area contributed by atoms with E-state index < -0.39 is 17.7 Å². The highest BCUT2D eigenvalue weighted by Gasteiger charge is 2.29. The zero-order valence-corrected chi connectivity index (χ0v) is 7.70. The first-order valence-electron chi connectivity index (χ1n) is 3.92. The molecule has 0 heterocycles. The zero-order chi connectivity index (χ0) is 9.78. The van der Waals surface area contributed by atoms with Gasteiger partial charge in [0.15, 0.2) is 0 Å². The van der Waals surface area contributed by atoms with Crippen molar-refractivity contribution in [3.63, 3.8) is 0 Å². The van der Waals surface area contributed by atoms with Gasteiger partial charge in [-0.15, -0.1) is 0 Å². The van der Waals surface area contributed by atoms with Crippen LogP contribution in [0.3, 0.4) is 0 Å². The highest BCUT2D eigenvalue weighted by atomic mass is 16.6. The summed E-state index contributed by atoms with van der Waals surface area (Å²) in [4.78, 5) is 10.7. The van der Waals surface area contributed by atoms with Gasteiger partial charge in [-0.2, -0.15) is 0 Å². The van der Waals surface area contributed by atoms with Gasteiger partial charge in [-0.05, 0) is 0 Å². The Morgan fingerprint density at radius 2 is 2.08 bits per heavy atom. The van der Waals surface area contributed by atoms with Crippen LogP contribution in [0.25, 0.3) is 0 Å². The summed E-state index contributed by atoms with van der Waals surface area (Å²) in [7, 11) is 0. The van der Waals surface area contributed by atoms with E-state index in [-0.39, 0.29) is 13.0 Å². The Hall–Kier alpha value is -0.610. The van der Waals surface area contributed by atoms with Crippen molar-refractivity contribution in [1.29, 1.82) is 0 Å². The van der Waals surface area contributed by atoms with E-state index >= 15 is 0 Å². The van der Waals surface area contributed by atoms with E-state index in [4.69, 9.17) is 5.11 Å². The summed E-state index contributed by atoms with van der Waals surface area (Å²) in [5, 5.41) is 18.1. The van der Waals surface area contributed by atoms with Crippen LogP contribution in [0.2, 0.25) is 0 Å². The molecule has 0 spiro atoms. The fraction of sp³-hybridized carbons (Fsp3) is 0.875. The van der Waals surface area contributed by atoms with Crippen molar-refractivity contribution < 1.29 is 19.7 Å². The Labute approximate surface area is 72.2 Å². The topological polar surface area (TPSA) is 66.8 Å². The van der Waals surface area contributed by atoms with Gasteiger partial charge < -0.3 is 14.9 Å². The Morgan fingerprint density at radius 3 is 2.42 bits per heavy atom. The maximum atomic E-state index is 10.7. The molecule has 0 amide bonds. The number of rotatable bonds is 4. The van der Waals surface area contributed by atoms with Gasteiger partial charge in [0.1, 0.15) is 0 Å². The molecule has 4 heteroatoms. The number of hydrogen-bond donors (Lipinski definition) is 2. The first-order chi connectivity index (χ1) is 5.44. The Bertz CT molecular complexity index is 153. The third-order valence-corrected chi connectivity index (χ3v) is 1.61. The quantitative estimate of drug-likeness (QED) is 0.477. The zero-order valence-electron chi connectivity index (χ0n) is 7.70. The van der Waals surface area contributed by atoms with Crippen LogP contribution in [0.1, 0.15) is 27.2 Å². The van der Waals surface area contributed by atoms with Gasteiger partial charge in [-0.3, -0.25) is 4.79 Å². The largest absolute Gasteiger partial charge is 0.435 e. The standard InChI is InChI=1S/C8H16O4/c1-4-6(10)12-7(11)8(2,3)5-9/h7,9,11H,4-5H2,1-3H3. The van der Waals surface area contributed by atoms with Crippen LogP contribution in [0, 0.1) is 5.41 Å². The van der Waals surface area contributed by atoms with E-state index in [0.29, 0.717) is 0 Å². The van der Waals surface area contributed by atoms with Gasteiger partial charge in [0.05, 0.1) is 12.0 Å². The van der Waals surface area contributed by atoms with Crippen molar-refractivity contribution >= 4 is 5.97 Å². The lowest BCUT2D eigenvalue weighted by Gasteiger charge is -2.27. The summed E-state index contributed by atoms with van der Waals surface area (Å²) in [5.41, 5.74) is -0.801. The summed E-state index contributed by atoms with van der Waals surface area (Å²) >= 11 is 0. The molecule has 0 fully saturated rings. The molecule has 2 N–H and O–H groups in total. The van der Waals surface area contributed by atoms with Gasteiger partial charge in [-0.25, -0.2) is 0 Å². The van der Waals surface area contributed by atoms with Gasteiger partial charge in [0, 0.05) is 6.42 Å². The second-order valence-electron chi connectivity index (χ2n) is 3.34. The van der Waals surface area contributed by atoms with Gasteiger partial charge in [0.25, 0.3) is 0 Å². The first-order valence-corrected chi connectivity index (χ1v) is 3.92. The monoisotopic (exact) mass is 176 g/mol. The van der Waals surface area contributed by atoms with Crippen LogP contribution < -0.4 is 0 Å². The van der Waals surface area contributed by atoms with Crippen molar-refractivity contribution in [2.24, 2.45) is 5.41 Å². The molecule has 1 atom stereocenters. The molecule has 72 valence electrons. The number of ether oxygens (including phenoxy) is 1. The summed E-state index contributed by atoms with van der Waals surface area (Å²) in [6.07, 6.45) is -1.02. The second kappa shape index (κ2) is 4.42. The van der Waals surface area contributed by atoms with E-state index in [1.807, 2.05) is 0 Å². The Balaban J connectivity index is 4.02. The minimum Gasteiger partial charge on any atom is -0.435 e. The molecular weight excluding hydrogens is 160 g/mol. The molecule has 0 aromatic carbocycles. The van der Waals surface area contributed by atoms with Crippen molar-refractivity contribution in [1.82, 2.24) is 0 Å². The molecule has 0 aliphatic heterocycles. The molecule has 0 saturated heterocycles. The van der Waals surface area contributed by atoms with Crippen molar-refractivity contribution in [2.45, 2.75) is 33.5 Å². The third kappa shape index (κ3) is 3.19. The van der Waals surface area contributed by atoms with Gasteiger partial charge >= 0.3 is 5.97 Å². The Kier molecular flexibility index (Phi) is 4.20. The average Bonchev–Trinajstić information content (AvgIpc) is 2.04. The second-order valence-corrected chi connectivity index (χ2v) is 3.34. The predicted octanol–water partition coefficient (Wildman–Crippen LogP) is 0.277. The molecule has 0 rings (SSSR count). The van der Waals surface area contributed by atoms with Crippen LogP contribution in [-0.4, -0.2) is 29.1 Å². The molecule has 4 nitrogen and oxygen atoms in total. The normalized spacial score (nSPS) is 14.1. The highest BCUT2D eigenvalue weighted by Crippen LogP contribution is 2.20. The summed E-state index contributed by atoms with van der Waals surface area (Å²) in [6.45, 7) is 4.63. The molecule has 0 aromatic heterocycles. The molecule has 0 radical (unpaired) electrons. The maximum absolute atomic E-state index is 10.7. The van der Waals surface area contributed by atoms with Crippen LogP contribution >= 0.6 is 0 Å². The number of aliphatic hydroxyl groups excluding tert-OH is 2. The number of esters is 1. The molecule has 12 heavy (non-hydrogen) atoms. The lowest BCUT2D eigenvalue weighted by Crippen LogP contribution is -2.36. The lowest BCUT2D eigenvalue weighted by molar-refractivity contribution is -0.193.